The number of hydrogen-bond donors (Lipinski definition) is 1. The van der Waals surface area contributed by atoms with E-state index in [9.17, 15) is 4.79 Å². The molecular formula is C16H21NO3S. The van der Waals surface area contributed by atoms with Crippen LogP contribution < -0.4 is 5.32 Å². The van der Waals surface area contributed by atoms with Crippen molar-refractivity contribution in [2.45, 2.75) is 36.4 Å². The topological polar surface area (TPSA) is 47.6 Å². The Balaban J connectivity index is 1.74. The summed E-state index contributed by atoms with van der Waals surface area (Å²) in [6.45, 7) is 1.18. The van der Waals surface area contributed by atoms with Crippen molar-refractivity contribution >= 4 is 23.4 Å². The minimum absolute atomic E-state index is 0.00912. The van der Waals surface area contributed by atoms with Gasteiger partial charge in [-0.05, 0) is 37.3 Å². The Labute approximate surface area is 129 Å². The van der Waals surface area contributed by atoms with Gasteiger partial charge in [-0.3, -0.25) is 4.79 Å². The molecule has 2 fully saturated rings. The van der Waals surface area contributed by atoms with Gasteiger partial charge in [0.05, 0.1) is 19.1 Å². The van der Waals surface area contributed by atoms with Gasteiger partial charge in [-0.25, -0.2) is 0 Å². The number of carbonyl (C=O) groups excluding carboxylic acids is 1. The highest BCUT2D eigenvalue weighted by Gasteiger charge is 2.49. The van der Waals surface area contributed by atoms with Crippen molar-refractivity contribution < 1.29 is 14.3 Å². The lowest BCUT2D eigenvalue weighted by atomic mass is 9.82. The Kier molecular flexibility index (Phi) is 4.52. The van der Waals surface area contributed by atoms with Crippen LogP contribution in [0.1, 0.15) is 25.7 Å². The highest BCUT2D eigenvalue weighted by Crippen LogP contribution is 2.41. The maximum atomic E-state index is 12.7. The Hall–Kier alpha value is -1.04. The van der Waals surface area contributed by atoms with Crippen molar-refractivity contribution in [2.24, 2.45) is 5.92 Å². The number of thioether (sulfide) groups is 1. The SMILES string of the molecule is CSc1cccc(NC(=O)C2CCCCC23OCCO3)c1. The van der Waals surface area contributed by atoms with Crippen LogP contribution in [-0.4, -0.2) is 31.2 Å². The fraction of sp³-hybridized carbons (Fsp3) is 0.562. The van der Waals surface area contributed by atoms with Crippen molar-refractivity contribution in [2.75, 3.05) is 24.8 Å². The van der Waals surface area contributed by atoms with Crippen LogP contribution in [0.5, 0.6) is 0 Å². The van der Waals surface area contributed by atoms with Gasteiger partial charge in [0.1, 0.15) is 0 Å². The summed E-state index contributed by atoms with van der Waals surface area (Å²) in [5.74, 6) is -0.888. The van der Waals surface area contributed by atoms with Crippen LogP contribution in [0.4, 0.5) is 5.69 Å². The second-order valence-corrected chi connectivity index (χ2v) is 6.41. The molecule has 5 heteroatoms. The monoisotopic (exact) mass is 307 g/mol. The summed E-state index contributed by atoms with van der Waals surface area (Å²) in [4.78, 5) is 13.8. The van der Waals surface area contributed by atoms with E-state index >= 15 is 0 Å². The van der Waals surface area contributed by atoms with Gasteiger partial charge in [-0.2, -0.15) is 0 Å². The van der Waals surface area contributed by atoms with E-state index < -0.39 is 5.79 Å². The number of nitrogens with one attached hydrogen (secondary N) is 1. The number of rotatable bonds is 3. The molecule has 1 saturated heterocycles. The second-order valence-electron chi connectivity index (χ2n) is 5.53. The van der Waals surface area contributed by atoms with Crippen LogP contribution in [0.2, 0.25) is 0 Å². The zero-order chi connectivity index (χ0) is 14.7. The fourth-order valence-corrected chi connectivity index (χ4v) is 3.65. The van der Waals surface area contributed by atoms with Crippen molar-refractivity contribution in [3.63, 3.8) is 0 Å². The van der Waals surface area contributed by atoms with Gasteiger partial charge < -0.3 is 14.8 Å². The number of benzene rings is 1. The first-order chi connectivity index (χ1) is 10.2. The van der Waals surface area contributed by atoms with Crippen molar-refractivity contribution in [3.8, 4) is 0 Å². The van der Waals surface area contributed by atoms with Gasteiger partial charge in [-0.1, -0.05) is 12.5 Å². The maximum absolute atomic E-state index is 12.7. The van der Waals surface area contributed by atoms with Crippen LogP contribution in [-0.2, 0) is 14.3 Å². The molecule has 1 heterocycles. The predicted molar refractivity (Wildman–Crippen MR) is 83.4 cm³/mol. The van der Waals surface area contributed by atoms with Crippen molar-refractivity contribution in [1.29, 1.82) is 0 Å². The lowest BCUT2D eigenvalue weighted by molar-refractivity contribution is -0.210. The van der Waals surface area contributed by atoms with Crippen LogP contribution in [0, 0.1) is 5.92 Å². The largest absolute Gasteiger partial charge is 0.347 e. The molecule has 0 radical (unpaired) electrons. The molecule has 1 atom stereocenters. The van der Waals surface area contributed by atoms with Crippen LogP contribution >= 0.6 is 11.8 Å². The smallest absolute Gasteiger partial charge is 0.232 e. The minimum atomic E-state index is -0.681. The molecule has 0 bridgehead atoms. The zero-order valence-corrected chi connectivity index (χ0v) is 13.1. The standard InChI is InChI=1S/C16H21NO3S/c1-21-13-6-4-5-12(11-13)17-15(18)14-7-2-3-8-16(14)19-9-10-20-16/h4-6,11,14H,2-3,7-10H2,1H3,(H,17,18). The van der Waals surface area contributed by atoms with Gasteiger partial charge in [0.25, 0.3) is 0 Å². The molecule has 21 heavy (non-hydrogen) atoms. The number of hydrogen-bond acceptors (Lipinski definition) is 4. The molecule has 2 aliphatic rings. The molecule has 114 valence electrons. The Morgan fingerprint density at radius 1 is 1.33 bits per heavy atom. The van der Waals surface area contributed by atoms with Crippen LogP contribution in [0.3, 0.4) is 0 Å². The molecule has 0 aromatic heterocycles. The lowest BCUT2D eigenvalue weighted by Crippen LogP contribution is -2.47. The van der Waals surface area contributed by atoms with E-state index in [0.29, 0.717) is 13.2 Å². The molecule has 1 saturated carbocycles. The van der Waals surface area contributed by atoms with E-state index in [1.807, 2.05) is 30.5 Å². The van der Waals surface area contributed by atoms with Gasteiger partial charge in [-0.15, -0.1) is 11.8 Å². The lowest BCUT2D eigenvalue weighted by Gasteiger charge is -2.38. The van der Waals surface area contributed by atoms with E-state index in [0.717, 1.165) is 36.3 Å². The summed E-state index contributed by atoms with van der Waals surface area (Å²) in [6, 6.07) is 7.91. The first kappa shape index (κ1) is 14.9. The molecule has 1 aromatic rings. The Morgan fingerprint density at radius 2 is 2.14 bits per heavy atom. The highest BCUT2D eigenvalue weighted by atomic mass is 32.2. The quantitative estimate of drug-likeness (QED) is 0.871. The summed E-state index contributed by atoms with van der Waals surface area (Å²) in [5, 5.41) is 3.03. The van der Waals surface area contributed by atoms with Crippen LogP contribution in [0.15, 0.2) is 29.2 Å². The molecule has 1 amide bonds. The number of carbonyl (C=O) groups is 1. The number of amides is 1. The van der Waals surface area contributed by atoms with Crippen molar-refractivity contribution in [3.05, 3.63) is 24.3 Å². The van der Waals surface area contributed by atoms with Crippen molar-refractivity contribution in [1.82, 2.24) is 0 Å². The molecule has 4 nitrogen and oxygen atoms in total. The highest BCUT2D eigenvalue weighted by molar-refractivity contribution is 7.98. The van der Waals surface area contributed by atoms with E-state index in [1.165, 1.54) is 0 Å². The van der Waals surface area contributed by atoms with Gasteiger partial charge in [0.15, 0.2) is 5.79 Å². The third-order valence-electron chi connectivity index (χ3n) is 4.23. The number of ether oxygens (including phenoxy) is 2. The molecule has 1 unspecified atom stereocenters. The van der Waals surface area contributed by atoms with Crippen LogP contribution in [0.25, 0.3) is 0 Å². The maximum Gasteiger partial charge on any atom is 0.232 e. The van der Waals surface area contributed by atoms with E-state index in [1.54, 1.807) is 11.8 Å². The average molecular weight is 307 g/mol. The average Bonchev–Trinajstić information content (AvgIpc) is 2.96. The zero-order valence-electron chi connectivity index (χ0n) is 12.3. The second kappa shape index (κ2) is 6.38. The van der Waals surface area contributed by atoms with Gasteiger partial charge >= 0.3 is 0 Å². The molecular weight excluding hydrogens is 286 g/mol. The number of anilines is 1. The van der Waals surface area contributed by atoms with E-state index in [-0.39, 0.29) is 11.8 Å². The molecule has 1 N–H and O–H groups in total. The summed E-state index contributed by atoms with van der Waals surface area (Å²) in [7, 11) is 0. The molecule has 1 aliphatic carbocycles. The summed E-state index contributed by atoms with van der Waals surface area (Å²) in [5.41, 5.74) is 0.838. The molecule has 1 aliphatic heterocycles. The molecule has 1 aromatic carbocycles. The summed E-state index contributed by atoms with van der Waals surface area (Å²) in [6.07, 6.45) is 5.78. The van der Waals surface area contributed by atoms with E-state index in [2.05, 4.69) is 5.32 Å². The Bertz CT molecular complexity index is 514. The van der Waals surface area contributed by atoms with Gasteiger partial charge in [0.2, 0.25) is 5.91 Å². The summed E-state index contributed by atoms with van der Waals surface area (Å²) >= 11 is 1.66. The molecule has 3 rings (SSSR count). The molecule has 1 spiro atoms. The summed E-state index contributed by atoms with van der Waals surface area (Å²) < 4.78 is 11.6. The van der Waals surface area contributed by atoms with E-state index in [4.69, 9.17) is 9.47 Å². The third-order valence-corrected chi connectivity index (χ3v) is 4.95. The minimum Gasteiger partial charge on any atom is -0.347 e. The normalized spacial score (nSPS) is 24.1. The predicted octanol–water partition coefficient (Wildman–Crippen LogP) is 3.28. The first-order valence-corrected chi connectivity index (χ1v) is 8.69. The fourth-order valence-electron chi connectivity index (χ4n) is 3.19. The Morgan fingerprint density at radius 3 is 2.90 bits per heavy atom. The first-order valence-electron chi connectivity index (χ1n) is 7.46. The third kappa shape index (κ3) is 3.10. The van der Waals surface area contributed by atoms with Gasteiger partial charge in [0, 0.05) is 17.0 Å².